The molecule has 0 aliphatic rings. The van der Waals surface area contributed by atoms with Crippen molar-refractivity contribution in [2.45, 2.75) is 76.5 Å². The molecular formula is C12H27Cl3OSi2. The molecule has 0 amide bonds. The van der Waals surface area contributed by atoms with E-state index < -0.39 is 19.8 Å². The standard InChI is InChI=1S/C12H27Cl3OSi2/c1-9(2)17(14,10(3)4)16-18(15,11(5)6)12(7,8)13/h9-11H,1-8H3. The van der Waals surface area contributed by atoms with Crippen LogP contribution in [0.4, 0.5) is 0 Å². The number of rotatable bonds is 6. The van der Waals surface area contributed by atoms with Crippen LogP contribution >= 0.6 is 33.8 Å². The minimum absolute atomic E-state index is 0.217. The molecule has 0 rings (SSSR count). The van der Waals surface area contributed by atoms with Gasteiger partial charge in [0.2, 0.25) is 0 Å². The van der Waals surface area contributed by atoms with E-state index in [0.717, 1.165) is 0 Å². The number of halogens is 3. The summed E-state index contributed by atoms with van der Waals surface area (Å²) in [6.07, 6.45) is 0. The van der Waals surface area contributed by atoms with E-state index in [4.69, 9.17) is 37.9 Å². The van der Waals surface area contributed by atoms with E-state index >= 15 is 0 Å². The van der Waals surface area contributed by atoms with E-state index in [1.54, 1.807) is 0 Å². The quantitative estimate of drug-likeness (QED) is 0.317. The fourth-order valence-corrected chi connectivity index (χ4v) is 14.0. The number of alkyl halides is 1. The monoisotopic (exact) mass is 348 g/mol. The van der Waals surface area contributed by atoms with Crippen LogP contribution in [0.3, 0.4) is 0 Å². The molecule has 0 spiro atoms. The second-order valence-corrected chi connectivity index (χ2v) is 19.3. The molecule has 110 valence electrons. The second-order valence-electron chi connectivity index (χ2n) is 6.38. The average molecular weight is 350 g/mol. The van der Waals surface area contributed by atoms with Gasteiger partial charge in [-0.2, -0.15) is 0 Å². The van der Waals surface area contributed by atoms with Gasteiger partial charge in [-0.25, -0.2) is 0 Å². The SMILES string of the molecule is CC(C)[Si](Cl)(O[Si](Cl)(C(C)C)C(C)(C)Cl)C(C)C. The molecule has 0 saturated carbocycles. The second kappa shape index (κ2) is 6.36. The molecular weight excluding hydrogens is 323 g/mol. The van der Waals surface area contributed by atoms with Crippen molar-refractivity contribution in [2.24, 2.45) is 0 Å². The Labute approximate surface area is 129 Å². The number of hydrogen-bond acceptors (Lipinski definition) is 1. The molecule has 6 heteroatoms. The van der Waals surface area contributed by atoms with Crippen molar-refractivity contribution in [2.75, 3.05) is 0 Å². The molecule has 18 heavy (non-hydrogen) atoms. The number of hydrogen-bond donors (Lipinski definition) is 0. The van der Waals surface area contributed by atoms with Crippen molar-refractivity contribution in [1.29, 1.82) is 0 Å². The predicted molar refractivity (Wildman–Crippen MR) is 89.5 cm³/mol. The molecule has 1 nitrogen and oxygen atoms in total. The molecule has 1 atom stereocenters. The summed E-state index contributed by atoms with van der Waals surface area (Å²) in [6, 6.07) is 0. The van der Waals surface area contributed by atoms with Crippen molar-refractivity contribution < 1.29 is 4.12 Å². The van der Waals surface area contributed by atoms with Gasteiger partial charge in [0.1, 0.15) is 0 Å². The van der Waals surface area contributed by atoms with Crippen LogP contribution < -0.4 is 0 Å². The van der Waals surface area contributed by atoms with Gasteiger partial charge in [-0.05, 0) is 30.5 Å². The fourth-order valence-electron chi connectivity index (χ4n) is 2.06. The largest absolute Gasteiger partial charge is 0.431 e. The first-order valence-electron chi connectivity index (χ1n) is 6.56. The average Bonchev–Trinajstić information content (AvgIpc) is 2.14. The molecule has 1 unspecified atom stereocenters. The van der Waals surface area contributed by atoms with Crippen LogP contribution in [0, 0.1) is 0 Å². The molecule has 0 aromatic heterocycles. The van der Waals surface area contributed by atoms with Crippen LogP contribution in [-0.4, -0.2) is 19.8 Å². The zero-order valence-corrected chi connectivity index (χ0v) is 17.0. The highest BCUT2D eigenvalue weighted by Gasteiger charge is 2.57. The third-order valence-electron chi connectivity index (χ3n) is 3.43. The van der Waals surface area contributed by atoms with Gasteiger partial charge in [-0.3, -0.25) is 0 Å². The molecule has 0 aliphatic carbocycles. The summed E-state index contributed by atoms with van der Waals surface area (Å²) in [7, 11) is -5.02. The fraction of sp³-hybridized carbons (Fsp3) is 1.00. The van der Waals surface area contributed by atoms with Gasteiger partial charge in [0.05, 0.1) is 4.50 Å². The van der Waals surface area contributed by atoms with Gasteiger partial charge in [0.25, 0.3) is 7.63 Å². The molecule has 0 saturated heterocycles. The highest BCUT2D eigenvalue weighted by Crippen LogP contribution is 2.47. The van der Waals surface area contributed by atoms with E-state index in [1.165, 1.54) is 0 Å². The maximum atomic E-state index is 6.86. The molecule has 0 fully saturated rings. The van der Waals surface area contributed by atoms with Crippen LogP contribution in [-0.2, 0) is 4.12 Å². The maximum Gasteiger partial charge on any atom is 0.303 e. The van der Waals surface area contributed by atoms with E-state index in [1.807, 2.05) is 13.8 Å². The van der Waals surface area contributed by atoms with E-state index in [0.29, 0.717) is 11.1 Å². The first-order valence-corrected chi connectivity index (χ1v) is 13.0. The molecule has 0 aromatic rings. The third-order valence-corrected chi connectivity index (χ3v) is 20.0. The summed E-state index contributed by atoms with van der Waals surface area (Å²) < 4.78 is 5.91. The lowest BCUT2D eigenvalue weighted by Gasteiger charge is -2.45. The van der Waals surface area contributed by atoms with Crippen LogP contribution in [0.5, 0.6) is 0 Å². The van der Waals surface area contributed by atoms with Crippen LogP contribution in [0.25, 0.3) is 0 Å². The van der Waals surface area contributed by atoms with Crippen LogP contribution in [0.2, 0.25) is 16.6 Å². The Bertz CT molecular complexity index is 269. The Morgan fingerprint density at radius 3 is 1.33 bits per heavy atom. The van der Waals surface area contributed by atoms with Gasteiger partial charge in [0.15, 0.2) is 0 Å². The first kappa shape index (κ1) is 19.3. The molecule has 0 bridgehead atoms. The lowest BCUT2D eigenvalue weighted by atomic mass is 10.5. The van der Waals surface area contributed by atoms with Gasteiger partial charge in [-0.15, -0.1) is 33.8 Å². The highest BCUT2D eigenvalue weighted by atomic mass is 35.6. The first-order chi connectivity index (χ1) is 7.79. The molecule has 0 heterocycles. The molecule has 0 aliphatic heterocycles. The Morgan fingerprint density at radius 1 is 0.833 bits per heavy atom. The van der Waals surface area contributed by atoms with E-state index in [2.05, 4.69) is 41.5 Å². The zero-order chi connectivity index (χ0) is 14.9. The summed E-state index contributed by atoms with van der Waals surface area (Å²) in [6.45, 7) is 16.5. The van der Waals surface area contributed by atoms with Gasteiger partial charge in [-0.1, -0.05) is 41.5 Å². The van der Waals surface area contributed by atoms with Crippen molar-refractivity contribution in [1.82, 2.24) is 0 Å². The smallest absolute Gasteiger partial charge is 0.303 e. The summed E-state index contributed by atoms with van der Waals surface area (Å²) >= 11 is 20.2. The lowest BCUT2D eigenvalue weighted by molar-refractivity contribution is 0.491. The molecule has 0 aromatic carbocycles. The minimum atomic E-state index is -2.62. The summed E-state index contributed by atoms with van der Waals surface area (Å²) in [5, 5.41) is 0. The maximum absolute atomic E-state index is 6.86. The topological polar surface area (TPSA) is 9.23 Å². The summed E-state index contributed by atoms with van der Waals surface area (Å²) in [4.78, 5) is 0. The minimum Gasteiger partial charge on any atom is -0.431 e. The summed E-state index contributed by atoms with van der Waals surface area (Å²) in [5.74, 6) is 0. The van der Waals surface area contributed by atoms with Gasteiger partial charge < -0.3 is 4.12 Å². The van der Waals surface area contributed by atoms with Gasteiger partial charge >= 0.3 is 7.63 Å². The van der Waals surface area contributed by atoms with Crippen LogP contribution in [0.15, 0.2) is 0 Å². The normalized spacial score (nSPS) is 17.7. The zero-order valence-electron chi connectivity index (χ0n) is 12.8. The van der Waals surface area contributed by atoms with Crippen LogP contribution in [0.1, 0.15) is 55.4 Å². The van der Waals surface area contributed by atoms with Crippen molar-refractivity contribution >= 4 is 49.0 Å². The predicted octanol–water partition coefficient (Wildman–Crippen LogP) is 6.15. The van der Waals surface area contributed by atoms with E-state index in [-0.39, 0.29) is 5.54 Å². The summed E-state index contributed by atoms with van der Waals surface area (Å²) in [5.41, 5.74) is 0.833. The van der Waals surface area contributed by atoms with Gasteiger partial charge in [0, 0.05) is 0 Å². The Balaban J connectivity index is 5.47. The van der Waals surface area contributed by atoms with Crippen molar-refractivity contribution in [3.05, 3.63) is 0 Å². The Hall–Kier alpha value is 1.26. The Morgan fingerprint density at radius 2 is 1.17 bits per heavy atom. The molecule has 0 N–H and O–H groups in total. The highest BCUT2D eigenvalue weighted by molar-refractivity contribution is 7.29. The van der Waals surface area contributed by atoms with Crippen molar-refractivity contribution in [3.63, 3.8) is 0 Å². The van der Waals surface area contributed by atoms with E-state index in [9.17, 15) is 0 Å². The van der Waals surface area contributed by atoms with Crippen molar-refractivity contribution in [3.8, 4) is 0 Å². The molecule has 0 radical (unpaired) electrons. The third kappa shape index (κ3) is 3.89. The lowest BCUT2D eigenvalue weighted by Crippen LogP contribution is -2.59. The Kier molecular flexibility index (Phi) is 6.80.